The third kappa shape index (κ3) is 3.26. The number of rotatable bonds is 4. The van der Waals surface area contributed by atoms with Gasteiger partial charge in [0.05, 0.1) is 5.69 Å². The van der Waals surface area contributed by atoms with Gasteiger partial charge in [0.2, 0.25) is 5.91 Å². The van der Waals surface area contributed by atoms with Gasteiger partial charge in [-0.25, -0.2) is 0 Å². The van der Waals surface area contributed by atoms with E-state index in [1.165, 1.54) is 0 Å². The van der Waals surface area contributed by atoms with Crippen molar-refractivity contribution in [1.82, 2.24) is 0 Å². The minimum absolute atomic E-state index is 0.241. The highest BCUT2D eigenvalue weighted by Crippen LogP contribution is 2.26. The van der Waals surface area contributed by atoms with Crippen LogP contribution in [0, 0.1) is 0 Å². The molecule has 2 aromatic rings. The standard InChI is InChI=1S/C14H13BrN2O2/c15-10-5-6-13(12(16)7-10)19-8-9-3-1-2-4-11(9)14(17)18/h1-7H,8,16H2,(H2,17,18). The van der Waals surface area contributed by atoms with Gasteiger partial charge in [-0.15, -0.1) is 0 Å². The number of hydrogen-bond donors (Lipinski definition) is 2. The Morgan fingerprint density at radius 1 is 1.21 bits per heavy atom. The van der Waals surface area contributed by atoms with Gasteiger partial charge < -0.3 is 16.2 Å². The molecule has 0 saturated carbocycles. The smallest absolute Gasteiger partial charge is 0.249 e. The summed E-state index contributed by atoms with van der Waals surface area (Å²) >= 11 is 3.33. The van der Waals surface area contributed by atoms with Gasteiger partial charge in [0.1, 0.15) is 12.4 Å². The zero-order valence-corrected chi connectivity index (χ0v) is 11.7. The quantitative estimate of drug-likeness (QED) is 0.850. The number of nitrogens with two attached hydrogens (primary N) is 2. The van der Waals surface area contributed by atoms with E-state index in [1.54, 1.807) is 30.3 Å². The molecule has 0 aromatic heterocycles. The van der Waals surface area contributed by atoms with E-state index < -0.39 is 5.91 Å². The van der Waals surface area contributed by atoms with E-state index in [-0.39, 0.29) is 6.61 Å². The molecule has 1 amide bonds. The molecule has 4 N–H and O–H groups in total. The molecule has 0 fully saturated rings. The van der Waals surface area contributed by atoms with Gasteiger partial charge in [0, 0.05) is 15.6 Å². The highest BCUT2D eigenvalue weighted by atomic mass is 79.9. The molecular weight excluding hydrogens is 308 g/mol. The predicted octanol–water partition coefficient (Wildman–Crippen LogP) is 2.71. The van der Waals surface area contributed by atoms with Gasteiger partial charge in [-0.1, -0.05) is 34.1 Å². The maximum Gasteiger partial charge on any atom is 0.249 e. The van der Waals surface area contributed by atoms with E-state index in [0.29, 0.717) is 17.0 Å². The average molecular weight is 321 g/mol. The fraction of sp³-hybridized carbons (Fsp3) is 0.0714. The SMILES string of the molecule is NC(=O)c1ccccc1COc1ccc(Br)cc1N. The molecule has 2 aromatic carbocycles. The van der Waals surface area contributed by atoms with Crippen LogP contribution in [0.1, 0.15) is 15.9 Å². The lowest BCUT2D eigenvalue weighted by Gasteiger charge is -2.11. The van der Waals surface area contributed by atoms with Crippen LogP contribution in [0.5, 0.6) is 5.75 Å². The Kier molecular flexibility index (Phi) is 4.06. The number of benzene rings is 2. The number of carbonyl (C=O) groups excluding carboxylic acids is 1. The molecule has 0 unspecified atom stereocenters. The topological polar surface area (TPSA) is 78.3 Å². The van der Waals surface area contributed by atoms with Crippen LogP contribution in [0.3, 0.4) is 0 Å². The van der Waals surface area contributed by atoms with Crippen molar-refractivity contribution in [2.45, 2.75) is 6.61 Å². The Balaban J connectivity index is 2.17. The van der Waals surface area contributed by atoms with Crippen LogP contribution >= 0.6 is 15.9 Å². The zero-order valence-electron chi connectivity index (χ0n) is 10.1. The summed E-state index contributed by atoms with van der Waals surface area (Å²) in [4.78, 5) is 11.3. The highest BCUT2D eigenvalue weighted by Gasteiger charge is 2.08. The molecular formula is C14H13BrN2O2. The number of primary amides is 1. The van der Waals surface area contributed by atoms with Crippen molar-refractivity contribution >= 4 is 27.5 Å². The monoisotopic (exact) mass is 320 g/mol. The number of ether oxygens (including phenoxy) is 1. The molecule has 0 aliphatic rings. The Morgan fingerprint density at radius 2 is 1.95 bits per heavy atom. The summed E-state index contributed by atoms with van der Waals surface area (Å²) in [6, 6.07) is 12.4. The van der Waals surface area contributed by atoms with Crippen molar-refractivity contribution in [1.29, 1.82) is 0 Å². The number of hydrogen-bond acceptors (Lipinski definition) is 3. The third-order valence-electron chi connectivity index (χ3n) is 2.64. The second-order valence-electron chi connectivity index (χ2n) is 3.99. The molecule has 0 aliphatic heterocycles. The zero-order chi connectivity index (χ0) is 13.8. The summed E-state index contributed by atoms with van der Waals surface area (Å²) in [7, 11) is 0. The van der Waals surface area contributed by atoms with Crippen molar-refractivity contribution < 1.29 is 9.53 Å². The van der Waals surface area contributed by atoms with Crippen molar-refractivity contribution in [3.8, 4) is 5.75 Å². The molecule has 0 heterocycles. The Morgan fingerprint density at radius 3 is 2.63 bits per heavy atom. The lowest BCUT2D eigenvalue weighted by atomic mass is 10.1. The fourth-order valence-electron chi connectivity index (χ4n) is 1.69. The van der Waals surface area contributed by atoms with Crippen LogP contribution < -0.4 is 16.2 Å². The van der Waals surface area contributed by atoms with Gasteiger partial charge in [0.25, 0.3) is 0 Å². The summed E-state index contributed by atoms with van der Waals surface area (Å²) in [5.41, 5.74) is 12.9. The molecule has 0 radical (unpaired) electrons. The minimum Gasteiger partial charge on any atom is -0.487 e. The van der Waals surface area contributed by atoms with Gasteiger partial charge >= 0.3 is 0 Å². The van der Waals surface area contributed by atoms with Crippen LogP contribution in [0.25, 0.3) is 0 Å². The van der Waals surface area contributed by atoms with E-state index in [9.17, 15) is 4.79 Å². The number of nitrogen functional groups attached to an aromatic ring is 1. The summed E-state index contributed by atoms with van der Waals surface area (Å²) in [6.07, 6.45) is 0. The molecule has 0 spiro atoms. The third-order valence-corrected chi connectivity index (χ3v) is 3.13. The average Bonchev–Trinajstić information content (AvgIpc) is 2.38. The Labute approximate surface area is 119 Å². The number of amides is 1. The first-order chi connectivity index (χ1) is 9.08. The highest BCUT2D eigenvalue weighted by molar-refractivity contribution is 9.10. The maximum atomic E-state index is 11.3. The van der Waals surface area contributed by atoms with Crippen molar-refractivity contribution in [3.63, 3.8) is 0 Å². The molecule has 0 bridgehead atoms. The Bertz CT molecular complexity index is 614. The van der Waals surface area contributed by atoms with Crippen LogP contribution in [0.4, 0.5) is 5.69 Å². The van der Waals surface area contributed by atoms with Crippen molar-refractivity contribution in [2.24, 2.45) is 5.73 Å². The number of anilines is 1. The number of carbonyl (C=O) groups is 1. The normalized spacial score (nSPS) is 10.2. The lowest BCUT2D eigenvalue weighted by Crippen LogP contribution is -2.14. The molecule has 0 aliphatic carbocycles. The van der Waals surface area contributed by atoms with Crippen LogP contribution in [-0.2, 0) is 6.61 Å². The molecule has 4 nitrogen and oxygen atoms in total. The first kappa shape index (κ1) is 13.4. The van der Waals surface area contributed by atoms with E-state index in [0.717, 1.165) is 10.0 Å². The molecule has 0 atom stereocenters. The summed E-state index contributed by atoms with van der Waals surface area (Å²) < 4.78 is 6.50. The van der Waals surface area contributed by atoms with Gasteiger partial charge in [-0.3, -0.25) is 4.79 Å². The minimum atomic E-state index is -0.469. The predicted molar refractivity (Wildman–Crippen MR) is 77.8 cm³/mol. The van der Waals surface area contributed by atoms with E-state index in [2.05, 4.69) is 15.9 Å². The van der Waals surface area contributed by atoms with Crippen molar-refractivity contribution in [3.05, 3.63) is 58.1 Å². The molecule has 2 rings (SSSR count). The van der Waals surface area contributed by atoms with Gasteiger partial charge in [-0.2, -0.15) is 0 Å². The maximum absolute atomic E-state index is 11.3. The van der Waals surface area contributed by atoms with Gasteiger partial charge in [-0.05, 0) is 24.3 Å². The molecule has 5 heteroatoms. The molecule has 98 valence electrons. The van der Waals surface area contributed by atoms with E-state index in [4.69, 9.17) is 16.2 Å². The summed E-state index contributed by atoms with van der Waals surface area (Å²) in [6.45, 7) is 0.241. The van der Waals surface area contributed by atoms with E-state index in [1.807, 2.05) is 12.1 Å². The first-order valence-electron chi connectivity index (χ1n) is 5.63. The van der Waals surface area contributed by atoms with E-state index >= 15 is 0 Å². The second kappa shape index (κ2) is 5.75. The first-order valence-corrected chi connectivity index (χ1v) is 6.43. The lowest BCUT2D eigenvalue weighted by molar-refractivity contribution is 0.0998. The van der Waals surface area contributed by atoms with Crippen molar-refractivity contribution in [2.75, 3.05) is 5.73 Å². The number of halogens is 1. The van der Waals surface area contributed by atoms with Gasteiger partial charge in [0.15, 0.2) is 0 Å². The van der Waals surface area contributed by atoms with Crippen LogP contribution in [-0.4, -0.2) is 5.91 Å². The molecule has 19 heavy (non-hydrogen) atoms. The second-order valence-corrected chi connectivity index (χ2v) is 4.91. The largest absolute Gasteiger partial charge is 0.487 e. The van der Waals surface area contributed by atoms with Crippen LogP contribution in [0.15, 0.2) is 46.9 Å². The summed E-state index contributed by atoms with van der Waals surface area (Å²) in [5, 5.41) is 0. The summed E-state index contributed by atoms with van der Waals surface area (Å²) in [5.74, 6) is 0.102. The fourth-order valence-corrected chi connectivity index (χ4v) is 2.07. The molecule has 0 saturated heterocycles. The Hall–Kier alpha value is -2.01. The van der Waals surface area contributed by atoms with Crippen LogP contribution in [0.2, 0.25) is 0 Å².